The van der Waals surface area contributed by atoms with Gasteiger partial charge in [0, 0.05) is 11.1 Å². The molecule has 0 aromatic carbocycles. The van der Waals surface area contributed by atoms with Crippen molar-refractivity contribution in [1.82, 2.24) is 0 Å². The first-order valence-electron chi connectivity index (χ1n) is 6.69. The highest BCUT2D eigenvalue weighted by Gasteiger charge is 2.31. The molecule has 3 nitrogen and oxygen atoms in total. The molecule has 3 heteroatoms. The smallest absolute Gasteiger partial charge is 0.342 e. The number of hydrogen-bond acceptors (Lipinski definition) is 3. The van der Waals surface area contributed by atoms with Gasteiger partial charge in [0.1, 0.15) is 0 Å². The van der Waals surface area contributed by atoms with E-state index in [2.05, 4.69) is 13.8 Å². The highest BCUT2D eigenvalue weighted by molar-refractivity contribution is 6.12. The Morgan fingerprint density at radius 2 is 1.18 bits per heavy atom. The van der Waals surface area contributed by atoms with Crippen LogP contribution in [0.5, 0.6) is 0 Å². The van der Waals surface area contributed by atoms with Crippen LogP contribution in [0.2, 0.25) is 0 Å². The predicted octanol–water partition coefficient (Wildman–Crippen LogP) is 3.53. The van der Waals surface area contributed by atoms with E-state index in [1.54, 1.807) is 0 Å². The Morgan fingerprint density at radius 1 is 0.765 bits per heavy atom. The van der Waals surface area contributed by atoms with Crippen molar-refractivity contribution >= 4 is 11.9 Å². The summed E-state index contributed by atoms with van der Waals surface area (Å²) >= 11 is 0. The molecule has 0 radical (unpaired) electrons. The van der Waals surface area contributed by atoms with Gasteiger partial charge < -0.3 is 4.74 Å². The van der Waals surface area contributed by atoms with Crippen LogP contribution in [-0.4, -0.2) is 11.9 Å². The van der Waals surface area contributed by atoms with Gasteiger partial charge in [-0.15, -0.1) is 0 Å². The Kier molecular flexibility index (Phi) is 5.95. The van der Waals surface area contributed by atoms with Gasteiger partial charge in [0.25, 0.3) is 0 Å². The van der Waals surface area contributed by atoms with Crippen LogP contribution in [-0.2, 0) is 14.3 Å². The molecule has 0 aliphatic carbocycles. The van der Waals surface area contributed by atoms with E-state index in [0.717, 1.165) is 38.5 Å². The van der Waals surface area contributed by atoms with Crippen LogP contribution in [0.1, 0.15) is 65.2 Å². The second-order valence-corrected chi connectivity index (χ2v) is 4.55. The second kappa shape index (κ2) is 7.25. The molecule has 0 spiro atoms. The second-order valence-electron chi connectivity index (χ2n) is 4.55. The minimum Gasteiger partial charge on any atom is -0.386 e. The summed E-state index contributed by atoms with van der Waals surface area (Å²) in [4.78, 5) is 23.0. The molecule has 0 amide bonds. The Labute approximate surface area is 103 Å². The first-order valence-corrected chi connectivity index (χ1v) is 6.69. The van der Waals surface area contributed by atoms with E-state index >= 15 is 0 Å². The number of unbranched alkanes of at least 4 members (excludes halogenated alkanes) is 4. The molecule has 0 aromatic heterocycles. The maximum atomic E-state index is 11.5. The van der Waals surface area contributed by atoms with E-state index in [-0.39, 0.29) is 0 Å². The van der Waals surface area contributed by atoms with Gasteiger partial charge in [0.05, 0.1) is 0 Å². The van der Waals surface area contributed by atoms with Gasteiger partial charge in [0.15, 0.2) is 0 Å². The van der Waals surface area contributed by atoms with Crippen molar-refractivity contribution in [3.05, 3.63) is 11.1 Å². The Hall–Kier alpha value is -1.12. The lowest BCUT2D eigenvalue weighted by molar-refractivity contribution is -0.151. The Balaban J connectivity index is 2.60. The van der Waals surface area contributed by atoms with Crippen LogP contribution in [0.25, 0.3) is 0 Å². The summed E-state index contributed by atoms with van der Waals surface area (Å²) in [5.41, 5.74) is 1.28. The molecule has 1 heterocycles. The number of hydrogen-bond donors (Lipinski definition) is 0. The minimum atomic E-state index is -0.405. The van der Waals surface area contributed by atoms with Crippen molar-refractivity contribution in [3.63, 3.8) is 0 Å². The average molecular weight is 238 g/mol. The third kappa shape index (κ3) is 3.99. The van der Waals surface area contributed by atoms with Gasteiger partial charge in [-0.2, -0.15) is 0 Å². The van der Waals surface area contributed by atoms with Crippen LogP contribution in [0.3, 0.4) is 0 Å². The number of cyclic esters (lactones) is 2. The van der Waals surface area contributed by atoms with Crippen LogP contribution >= 0.6 is 0 Å². The van der Waals surface area contributed by atoms with E-state index in [9.17, 15) is 9.59 Å². The zero-order chi connectivity index (χ0) is 12.7. The third-order valence-electron chi connectivity index (χ3n) is 3.10. The zero-order valence-corrected chi connectivity index (χ0v) is 10.9. The van der Waals surface area contributed by atoms with Crippen molar-refractivity contribution in [2.75, 3.05) is 0 Å². The standard InChI is InChI=1S/C14H22O3/c1-3-5-7-9-11-12(10-8-6-4-2)14(16)17-13(11)15/h3-10H2,1-2H3. The molecule has 1 aliphatic rings. The van der Waals surface area contributed by atoms with Crippen molar-refractivity contribution in [3.8, 4) is 0 Å². The van der Waals surface area contributed by atoms with Gasteiger partial charge in [-0.05, 0) is 25.7 Å². The number of carbonyl (C=O) groups is 2. The van der Waals surface area contributed by atoms with Crippen LogP contribution in [0, 0.1) is 0 Å². The van der Waals surface area contributed by atoms with Crippen molar-refractivity contribution in [1.29, 1.82) is 0 Å². The quantitative estimate of drug-likeness (QED) is 0.369. The number of esters is 2. The van der Waals surface area contributed by atoms with Gasteiger partial charge in [0.2, 0.25) is 0 Å². The van der Waals surface area contributed by atoms with Gasteiger partial charge in [-0.1, -0.05) is 39.5 Å². The van der Waals surface area contributed by atoms with Crippen LogP contribution in [0.15, 0.2) is 11.1 Å². The number of rotatable bonds is 8. The van der Waals surface area contributed by atoms with Crippen molar-refractivity contribution in [2.24, 2.45) is 0 Å². The maximum absolute atomic E-state index is 11.5. The van der Waals surface area contributed by atoms with Gasteiger partial charge >= 0.3 is 11.9 Å². The molecule has 0 aromatic rings. The molecule has 96 valence electrons. The molecular formula is C14H22O3. The van der Waals surface area contributed by atoms with E-state index in [0.29, 0.717) is 24.0 Å². The average Bonchev–Trinajstić information content (AvgIpc) is 2.56. The summed E-state index contributed by atoms with van der Waals surface area (Å²) in [7, 11) is 0. The lowest BCUT2D eigenvalue weighted by Gasteiger charge is -2.01. The topological polar surface area (TPSA) is 43.4 Å². The third-order valence-corrected chi connectivity index (χ3v) is 3.10. The molecule has 0 N–H and O–H groups in total. The molecule has 0 unspecified atom stereocenters. The van der Waals surface area contributed by atoms with E-state index in [1.165, 1.54) is 0 Å². The van der Waals surface area contributed by atoms with E-state index < -0.39 is 11.9 Å². The summed E-state index contributed by atoms with van der Waals surface area (Å²) < 4.78 is 4.70. The summed E-state index contributed by atoms with van der Waals surface area (Å²) in [6.07, 6.45) is 7.72. The Bertz CT molecular complexity index is 285. The normalized spacial score (nSPS) is 15.6. The predicted molar refractivity (Wildman–Crippen MR) is 66.4 cm³/mol. The van der Waals surface area contributed by atoms with Crippen molar-refractivity contribution in [2.45, 2.75) is 65.2 Å². The molecule has 0 saturated heterocycles. The molecule has 1 rings (SSSR count). The zero-order valence-electron chi connectivity index (χ0n) is 10.9. The Morgan fingerprint density at radius 3 is 1.53 bits per heavy atom. The number of ether oxygens (including phenoxy) is 1. The van der Waals surface area contributed by atoms with Crippen LogP contribution in [0.4, 0.5) is 0 Å². The lowest BCUT2D eigenvalue weighted by atomic mass is 9.99. The summed E-state index contributed by atoms with van der Waals surface area (Å²) in [5, 5.41) is 0. The largest absolute Gasteiger partial charge is 0.386 e. The highest BCUT2D eigenvalue weighted by atomic mass is 16.6. The van der Waals surface area contributed by atoms with E-state index in [1.807, 2.05) is 0 Å². The van der Waals surface area contributed by atoms with Crippen LogP contribution < -0.4 is 0 Å². The molecule has 0 fully saturated rings. The number of carbonyl (C=O) groups excluding carboxylic acids is 2. The minimum absolute atomic E-state index is 0.405. The summed E-state index contributed by atoms with van der Waals surface area (Å²) in [6, 6.07) is 0. The first-order chi connectivity index (χ1) is 8.20. The molecule has 0 atom stereocenters. The first kappa shape index (κ1) is 13.9. The monoisotopic (exact) mass is 238 g/mol. The summed E-state index contributed by atoms with van der Waals surface area (Å²) in [6.45, 7) is 4.24. The fourth-order valence-electron chi connectivity index (χ4n) is 2.06. The fourth-order valence-corrected chi connectivity index (χ4v) is 2.06. The molecule has 1 aliphatic heterocycles. The summed E-state index contributed by atoms with van der Waals surface area (Å²) in [5.74, 6) is -0.810. The molecule has 0 bridgehead atoms. The fraction of sp³-hybridized carbons (Fsp3) is 0.714. The van der Waals surface area contributed by atoms with Crippen molar-refractivity contribution < 1.29 is 14.3 Å². The maximum Gasteiger partial charge on any atom is 0.342 e. The van der Waals surface area contributed by atoms with Gasteiger partial charge in [-0.3, -0.25) is 0 Å². The SMILES string of the molecule is CCCCCC1=C(CCCCC)C(=O)OC1=O. The van der Waals surface area contributed by atoms with E-state index in [4.69, 9.17) is 4.74 Å². The van der Waals surface area contributed by atoms with Gasteiger partial charge in [-0.25, -0.2) is 9.59 Å². The molecular weight excluding hydrogens is 216 g/mol. The molecule has 0 saturated carbocycles. The highest BCUT2D eigenvalue weighted by Crippen LogP contribution is 2.26. The lowest BCUT2D eigenvalue weighted by Crippen LogP contribution is -2.02. The molecule has 17 heavy (non-hydrogen) atoms.